The number of hydrogen-bond acceptors (Lipinski definition) is 3. The second-order valence-electron chi connectivity index (χ2n) is 7.82. The fourth-order valence-corrected chi connectivity index (χ4v) is 3.78. The second kappa shape index (κ2) is 8.07. The molecule has 0 saturated carbocycles. The molecule has 1 aliphatic heterocycles. The van der Waals surface area contributed by atoms with Gasteiger partial charge < -0.3 is 10.2 Å². The van der Waals surface area contributed by atoms with Crippen molar-refractivity contribution in [3.63, 3.8) is 0 Å². The van der Waals surface area contributed by atoms with Crippen molar-refractivity contribution in [3.05, 3.63) is 71.3 Å². The Balaban J connectivity index is 1.59. The molecule has 0 radical (unpaired) electrons. The third kappa shape index (κ3) is 3.88. The lowest BCUT2D eigenvalue weighted by molar-refractivity contribution is 0.0694. The Kier molecular flexibility index (Phi) is 5.34. The average Bonchev–Trinajstić information content (AvgIpc) is 3.13. The van der Waals surface area contributed by atoms with E-state index in [4.69, 9.17) is 0 Å². The normalized spacial score (nSPS) is 14.9. The monoisotopic (exact) mass is 390 g/mol. The third-order valence-corrected chi connectivity index (χ3v) is 5.73. The van der Waals surface area contributed by atoms with Gasteiger partial charge in [0.1, 0.15) is 0 Å². The van der Waals surface area contributed by atoms with Crippen LogP contribution in [0.2, 0.25) is 0 Å². The summed E-state index contributed by atoms with van der Waals surface area (Å²) >= 11 is 0. The molecule has 6 nitrogen and oxygen atoms in total. The summed E-state index contributed by atoms with van der Waals surface area (Å²) in [5.74, 6) is 0.489. The summed E-state index contributed by atoms with van der Waals surface area (Å²) in [4.78, 5) is 32.3. The van der Waals surface area contributed by atoms with Gasteiger partial charge in [-0.25, -0.2) is 4.98 Å². The van der Waals surface area contributed by atoms with Crippen LogP contribution in [0, 0.1) is 12.8 Å². The van der Waals surface area contributed by atoms with E-state index in [1.807, 2.05) is 54.3 Å². The lowest BCUT2D eigenvalue weighted by Crippen LogP contribution is -2.38. The predicted octanol–water partition coefficient (Wildman–Crippen LogP) is 3.44. The molecule has 1 saturated heterocycles. The lowest BCUT2D eigenvalue weighted by atomic mass is 9.99. The molecule has 1 N–H and O–H groups in total. The molecular formula is C23H26N4O2. The first-order chi connectivity index (χ1) is 14.0. The Bertz CT molecular complexity index is 1050. The topological polar surface area (TPSA) is 66.7 Å². The summed E-state index contributed by atoms with van der Waals surface area (Å²) < 4.78 is 1.70. The molecule has 0 spiro atoms. The van der Waals surface area contributed by atoms with Crippen LogP contribution in [0.1, 0.15) is 52.0 Å². The zero-order valence-corrected chi connectivity index (χ0v) is 16.9. The van der Waals surface area contributed by atoms with Crippen molar-refractivity contribution in [2.24, 2.45) is 5.92 Å². The molecule has 6 heteroatoms. The summed E-state index contributed by atoms with van der Waals surface area (Å²) in [6, 6.07) is 13.5. The van der Waals surface area contributed by atoms with Crippen molar-refractivity contribution in [1.82, 2.24) is 19.6 Å². The number of imidazole rings is 1. The van der Waals surface area contributed by atoms with E-state index in [2.05, 4.69) is 17.2 Å². The molecule has 0 bridgehead atoms. The molecular weight excluding hydrogens is 364 g/mol. The van der Waals surface area contributed by atoms with E-state index in [0.29, 0.717) is 23.7 Å². The maximum absolute atomic E-state index is 13.1. The quantitative estimate of drug-likeness (QED) is 0.742. The van der Waals surface area contributed by atoms with Crippen LogP contribution in [0.25, 0.3) is 5.52 Å². The van der Waals surface area contributed by atoms with Crippen LogP contribution in [0.5, 0.6) is 0 Å². The van der Waals surface area contributed by atoms with Gasteiger partial charge in [0, 0.05) is 25.8 Å². The maximum Gasteiger partial charge on any atom is 0.287 e. The molecule has 0 atom stereocenters. The fourth-order valence-electron chi connectivity index (χ4n) is 3.78. The van der Waals surface area contributed by atoms with Crippen LogP contribution in [0.3, 0.4) is 0 Å². The standard InChI is InChI=1S/C23H26N4O2/c1-16-10-13-26(14-11-16)23(29)20-19-9-5-6-12-27(19)21(25-20)22(28)24-15-18-8-4-3-7-17(18)2/h3-9,12,16H,10-11,13-15H2,1-2H3,(H,24,28). The predicted molar refractivity (Wildman–Crippen MR) is 112 cm³/mol. The summed E-state index contributed by atoms with van der Waals surface area (Å²) in [6.07, 6.45) is 3.78. The first-order valence-electron chi connectivity index (χ1n) is 10.1. The van der Waals surface area contributed by atoms with Gasteiger partial charge in [0.15, 0.2) is 5.69 Å². The van der Waals surface area contributed by atoms with Gasteiger partial charge in [-0.15, -0.1) is 0 Å². The maximum atomic E-state index is 13.1. The molecule has 0 unspecified atom stereocenters. The number of carbonyl (C=O) groups excluding carboxylic acids is 2. The molecule has 1 fully saturated rings. The minimum Gasteiger partial charge on any atom is -0.345 e. The van der Waals surface area contributed by atoms with Crippen molar-refractivity contribution in [1.29, 1.82) is 0 Å². The summed E-state index contributed by atoms with van der Waals surface area (Å²) in [6.45, 7) is 6.12. The first kappa shape index (κ1) is 19.2. The zero-order chi connectivity index (χ0) is 20.4. The highest BCUT2D eigenvalue weighted by Gasteiger charge is 2.27. The van der Waals surface area contributed by atoms with Gasteiger partial charge in [-0.2, -0.15) is 0 Å². The molecule has 1 aliphatic rings. The SMILES string of the molecule is Cc1ccccc1CNC(=O)c1nc(C(=O)N2CCC(C)CC2)c2ccccn12. The van der Waals surface area contributed by atoms with Gasteiger partial charge in [-0.1, -0.05) is 37.3 Å². The molecule has 150 valence electrons. The highest BCUT2D eigenvalue weighted by molar-refractivity contribution is 6.02. The first-order valence-corrected chi connectivity index (χ1v) is 10.1. The van der Waals surface area contributed by atoms with Crippen molar-refractivity contribution in [2.75, 3.05) is 13.1 Å². The minimum absolute atomic E-state index is 0.0986. The lowest BCUT2D eigenvalue weighted by Gasteiger charge is -2.29. The molecule has 2 aromatic heterocycles. The summed E-state index contributed by atoms with van der Waals surface area (Å²) in [5, 5.41) is 2.94. The highest BCUT2D eigenvalue weighted by Crippen LogP contribution is 2.21. The van der Waals surface area contributed by atoms with E-state index in [0.717, 1.165) is 37.1 Å². The van der Waals surface area contributed by atoms with Crippen molar-refractivity contribution < 1.29 is 9.59 Å². The van der Waals surface area contributed by atoms with E-state index >= 15 is 0 Å². The Hall–Kier alpha value is -3.15. The Morgan fingerprint density at radius 1 is 1.10 bits per heavy atom. The Morgan fingerprint density at radius 3 is 2.59 bits per heavy atom. The van der Waals surface area contributed by atoms with Gasteiger partial charge in [-0.3, -0.25) is 14.0 Å². The average molecular weight is 390 g/mol. The largest absolute Gasteiger partial charge is 0.345 e. The number of aryl methyl sites for hydroxylation is 1. The molecule has 1 aromatic carbocycles. The number of piperidine rings is 1. The van der Waals surface area contributed by atoms with Gasteiger partial charge in [-0.05, 0) is 48.9 Å². The molecule has 0 aliphatic carbocycles. The number of fused-ring (bicyclic) bond motifs is 1. The van der Waals surface area contributed by atoms with Gasteiger partial charge in [0.2, 0.25) is 5.82 Å². The smallest absolute Gasteiger partial charge is 0.287 e. The van der Waals surface area contributed by atoms with E-state index in [9.17, 15) is 9.59 Å². The van der Waals surface area contributed by atoms with E-state index in [1.54, 1.807) is 10.6 Å². The van der Waals surface area contributed by atoms with Gasteiger partial charge in [0.05, 0.1) is 5.52 Å². The molecule has 3 heterocycles. The number of nitrogens with zero attached hydrogens (tertiary/aromatic N) is 3. The van der Waals surface area contributed by atoms with Crippen molar-refractivity contribution >= 4 is 17.3 Å². The van der Waals surface area contributed by atoms with E-state index in [-0.39, 0.29) is 17.6 Å². The minimum atomic E-state index is -0.291. The van der Waals surface area contributed by atoms with Crippen LogP contribution in [0.4, 0.5) is 0 Å². The molecule has 4 rings (SSSR count). The van der Waals surface area contributed by atoms with E-state index in [1.165, 1.54) is 0 Å². The summed E-state index contributed by atoms with van der Waals surface area (Å²) in [5.41, 5.74) is 3.19. The van der Waals surface area contributed by atoms with Crippen LogP contribution >= 0.6 is 0 Å². The number of benzene rings is 1. The van der Waals surface area contributed by atoms with Crippen molar-refractivity contribution in [3.8, 4) is 0 Å². The van der Waals surface area contributed by atoms with Gasteiger partial charge >= 0.3 is 0 Å². The number of hydrogen-bond donors (Lipinski definition) is 1. The number of nitrogens with one attached hydrogen (secondary N) is 1. The van der Waals surface area contributed by atoms with Crippen LogP contribution in [-0.4, -0.2) is 39.2 Å². The Labute approximate surface area is 170 Å². The van der Waals surface area contributed by atoms with E-state index < -0.39 is 0 Å². The van der Waals surface area contributed by atoms with Crippen molar-refractivity contribution in [2.45, 2.75) is 33.2 Å². The molecule has 3 aromatic rings. The van der Waals surface area contributed by atoms with Crippen LogP contribution in [0.15, 0.2) is 48.7 Å². The van der Waals surface area contributed by atoms with Gasteiger partial charge in [0.25, 0.3) is 11.8 Å². The number of carbonyl (C=O) groups is 2. The molecule has 2 amide bonds. The molecule has 29 heavy (non-hydrogen) atoms. The van der Waals surface area contributed by atoms with Crippen LogP contribution < -0.4 is 5.32 Å². The highest BCUT2D eigenvalue weighted by atomic mass is 16.2. The number of likely N-dealkylation sites (tertiary alicyclic amines) is 1. The number of rotatable bonds is 4. The zero-order valence-electron chi connectivity index (χ0n) is 16.9. The summed E-state index contributed by atoms with van der Waals surface area (Å²) in [7, 11) is 0. The number of pyridine rings is 1. The fraction of sp³-hybridized carbons (Fsp3) is 0.348. The number of amides is 2. The van der Waals surface area contributed by atoms with Crippen LogP contribution in [-0.2, 0) is 6.54 Å². The number of aromatic nitrogens is 2. The third-order valence-electron chi connectivity index (χ3n) is 5.73. The Morgan fingerprint density at radius 2 is 1.83 bits per heavy atom. The second-order valence-corrected chi connectivity index (χ2v) is 7.82.